The van der Waals surface area contributed by atoms with Gasteiger partial charge >= 0.3 is 0 Å². The summed E-state index contributed by atoms with van der Waals surface area (Å²) in [5.74, 6) is -0.0801. The monoisotopic (exact) mass is 454 g/mol. The van der Waals surface area contributed by atoms with Crippen molar-refractivity contribution >= 4 is 39.7 Å². The number of carbonyl (C=O) groups is 1. The standard InChI is InChI=1S/C20H15BrN4O2S/c1-13-7-8-23-20(25-13)28-19-17(21)10-16(27-19)9-15(11-22)18(26)24-12-14-5-3-2-4-6-14/h2-10H,12H2,1H3,(H,24,26)/b15-9+. The second-order valence-electron chi connectivity index (χ2n) is 5.70. The molecule has 1 aromatic carbocycles. The van der Waals surface area contributed by atoms with Gasteiger partial charge in [0.25, 0.3) is 5.91 Å². The average Bonchev–Trinajstić information content (AvgIpc) is 3.04. The van der Waals surface area contributed by atoms with Crippen LogP contribution in [0.2, 0.25) is 0 Å². The van der Waals surface area contributed by atoms with Crippen molar-refractivity contribution in [2.45, 2.75) is 23.7 Å². The molecule has 0 radical (unpaired) electrons. The number of nitriles is 1. The SMILES string of the molecule is Cc1ccnc(Sc2oc(/C=C(\C#N)C(=O)NCc3ccccc3)cc2Br)n1. The molecule has 0 aliphatic rings. The zero-order chi connectivity index (χ0) is 19.9. The highest BCUT2D eigenvalue weighted by Crippen LogP contribution is 2.35. The molecule has 0 atom stereocenters. The molecule has 3 rings (SSSR count). The van der Waals surface area contributed by atoms with Crippen LogP contribution in [0.3, 0.4) is 0 Å². The molecule has 1 amide bonds. The van der Waals surface area contributed by atoms with Crippen LogP contribution < -0.4 is 5.32 Å². The van der Waals surface area contributed by atoms with E-state index < -0.39 is 5.91 Å². The lowest BCUT2D eigenvalue weighted by Crippen LogP contribution is -2.23. The van der Waals surface area contributed by atoms with E-state index >= 15 is 0 Å². The molecular weight excluding hydrogens is 440 g/mol. The average molecular weight is 455 g/mol. The van der Waals surface area contributed by atoms with Crippen molar-refractivity contribution in [3.05, 3.63) is 75.7 Å². The fourth-order valence-electron chi connectivity index (χ4n) is 2.23. The maximum atomic E-state index is 12.3. The Hall–Kier alpha value is -2.89. The number of aromatic nitrogens is 2. The maximum Gasteiger partial charge on any atom is 0.262 e. The highest BCUT2D eigenvalue weighted by Gasteiger charge is 2.14. The van der Waals surface area contributed by atoms with Gasteiger partial charge in [0.15, 0.2) is 10.2 Å². The molecule has 0 aliphatic carbocycles. The van der Waals surface area contributed by atoms with Crippen LogP contribution >= 0.6 is 27.7 Å². The van der Waals surface area contributed by atoms with E-state index in [0.717, 1.165) is 11.3 Å². The molecule has 0 saturated carbocycles. The summed E-state index contributed by atoms with van der Waals surface area (Å²) in [6.45, 7) is 2.22. The van der Waals surface area contributed by atoms with Crippen LogP contribution in [-0.2, 0) is 11.3 Å². The molecule has 0 spiro atoms. The minimum absolute atomic E-state index is 0.0412. The number of nitrogens with zero attached hydrogens (tertiary/aromatic N) is 3. The van der Waals surface area contributed by atoms with E-state index in [9.17, 15) is 10.1 Å². The molecule has 28 heavy (non-hydrogen) atoms. The summed E-state index contributed by atoms with van der Waals surface area (Å²) in [7, 11) is 0. The van der Waals surface area contributed by atoms with E-state index in [2.05, 4.69) is 31.2 Å². The fraction of sp³-hybridized carbons (Fsp3) is 0.100. The van der Waals surface area contributed by atoms with Gasteiger partial charge in [-0.15, -0.1) is 0 Å². The van der Waals surface area contributed by atoms with Crippen LogP contribution in [0.15, 0.2) is 73.4 Å². The summed E-state index contributed by atoms with van der Waals surface area (Å²) in [5.41, 5.74) is 1.76. The Balaban J connectivity index is 1.72. The molecule has 0 saturated heterocycles. The molecule has 2 aromatic heterocycles. The smallest absolute Gasteiger partial charge is 0.262 e. The third-order valence-corrected chi connectivity index (χ3v) is 5.30. The lowest BCUT2D eigenvalue weighted by atomic mass is 10.2. The lowest BCUT2D eigenvalue weighted by molar-refractivity contribution is -0.117. The Labute approximate surface area is 174 Å². The first kappa shape index (κ1) is 19.9. The number of nitrogens with one attached hydrogen (secondary N) is 1. The van der Waals surface area contributed by atoms with E-state index in [1.54, 1.807) is 12.3 Å². The Bertz CT molecular complexity index is 1060. The van der Waals surface area contributed by atoms with Crippen LogP contribution in [0.25, 0.3) is 6.08 Å². The van der Waals surface area contributed by atoms with Gasteiger partial charge in [0.1, 0.15) is 17.4 Å². The van der Waals surface area contributed by atoms with Gasteiger partial charge in [-0.25, -0.2) is 9.97 Å². The van der Waals surface area contributed by atoms with E-state index in [0.29, 0.717) is 27.0 Å². The minimum Gasteiger partial charge on any atom is -0.449 e. The zero-order valence-corrected chi connectivity index (χ0v) is 17.3. The van der Waals surface area contributed by atoms with Gasteiger partial charge in [-0.2, -0.15) is 5.26 Å². The van der Waals surface area contributed by atoms with Crippen LogP contribution in [0.5, 0.6) is 0 Å². The number of rotatable bonds is 6. The van der Waals surface area contributed by atoms with E-state index in [1.165, 1.54) is 17.8 Å². The van der Waals surface area contributed by atoms with Gasteiger partial charge in [0, 0.05) is 24.5 Å². The minimum atomic E-state index is -0.463. The number of hydrogen-bond acceptors (Lipinski definition) is 6. The summed E-state index contributed by atoms with van der Waals surface area (Å²) in [5, 5.41) is 13.2. The lowest BCUT2D eigenvalue weighted by Gasteiger charge is -2.03. The largest absolute Gasteiger partial charge is 0.449 e. The van der Waals surface area contributed by atoms with Gasteiger partial charge < -0.3 is 9.73 Å². The Morgan fingerprint density at radius 1 is 1.36 bits per heavy atom. The van der Waals surface area contributed by atoms with Crippen molar-refractivity contribution in [2.24, 2.45) is 0 Å². The van der Waals surface area contributed by atoms with Crippen LogP contribution in [0.1, 0.15) is 17.0 Å². The molecule has 6 nitrogen and oxygen atoms in total. The molecule has 0 fully saturated rings. The molecule has 2 heterocycles. The summed E-state index contributed by atoms with van der Waals surface area (Å²) >= 11 is 4.67. The van der Waals surface area contributed by atoms with Crippen molar-refractivity contribution < 1.29 is 9.21 Å². The second kappa shape index (κ2) is 9.35. The van der Waals surface area contributed by atoms with Gasteiger partial charge in [-0.1, -0.05) is 30.3 Å². The molecule has 0 bridgehead atoms. The number of furan rings is 1. The number of amides is 1. The second-order valence-corrected chi connectivity index (χ2v) is 7.50. The van der Waals surface area contributed by atoms with Crippen LogP contribution in [-0.4, -0.2) is 15.9 Å². The fourth-order valence-corrected chi connectivity index (χ4v) is 3.54. The summed E-state index contributed by atoms with van der Waals surface area (Å²) in [4.78, 5) is 20.8. The highest BCUT2D eigenvalue weighted by molar-refractivity contribution is 9.10. The van der Waals surface area contributed by atoms with Crippen molar-refractivity contribution in [3.8, 4) is 6.07 Å². The Morgan fingerprint density at radius 3 is 2.86 bits per heavy atom. The number of benzene rings is 1. The van der Waals surface area contributed by atoms with Crippen molar-refractivity contribution in [2.75, 3.05) is 0 Å². The van der Waals surface area contributed by atoms with Crippen molar-refractivity contribution in [3.63, 3.8) is 0 Å². The number of hydrogen-bond donors (Lipinski definition) is 1. The van der Waals surface area contributed by atoms with Gasteiger partial charge in [-0.05, 0) is 52.3 Å². The van der Waals surface area contributed by atoms with E-state index in [-0.39, 0.29) is 5.57 Å². The van der Waals surface area contributed by atoms with Crippen molar-refractivity contribution in [1.82, 2.24) is 15.3 Å². The molecule has 0 aliphatic heterocycles. The van der Waals surface area contributed by atoms with E-state index in [4.69, 9.17) is 4.42 Å². The molecule has 8 heteroatoms. The molecule has 0 unspecified atom stereocenters. The topological polar surface area (TPSA) is 91.8 Å². The highest BCUT2D eigenvalue weighted by atomic mass is 79.9. The zero-order valence-electron chi connectivity index (χ0n) is 14.8. The first-order valence-corrected chi connectivity index (χ1v) is 9.87. The van der Waals surface area contributed by atoms with Crippen LogP contribution in [0.4, 0.5) is 0 Å². The first-order chi connectivity index (χ1) is 13.5. The van der Waals surface area contributed by atoms with Crippen molar-refractivity contribution in [1.29, 1.82) is 5.26 Å². The van der Waals surface area contributed by atoms with Gasteiger partial charge in [0.2, 0.25) is 0 Å². The molecular formula is C20H15BrN4O2S. The molecule has 140 valence electrons. The predicted molar refractivity (Wildman–Crippen MR) is 109 cm³/mol. The Morgan fingerprint density at radius 2 is 2.14 bits per heavy atom. The number of halogens is 1. The predicted octanol–water partition coefficient (Wildman–Crippen LogP) is 4.52. The number of carbonyl (C=O) groups excluding carboxylic acids is 1. The third kappa shape index (κ3) is 5.31. The summed E-state index contributed by atoms with van der Waals surface area (Å²) in [6.07, 6.45) is 3.08. The normalized spacial score (nSPS) is 11.1. The molecule has 1 N–H and O–H groups in total. The summed E-state index contributed by atoms with van der Waals surface area (Å²) < 4.78 is 6.42. The quantitative estimate of drug-likeness (QED) is 0.334. The number of aryl methyl sites for hydroxylation is 1. The van der Waals surface area contributed by atoms with Crippen LogP contribution in [0, 0.1) is 18.3 Å². The van der Waals surface area contributed by atoms with Gasteiger partial charge in [-0.3, -0.25) is 4.79 Å². The van der Waals surface area contributed by atoms with Gasteiger partial charge in [0.05, 0.1) is 4.47 Å². The third-order valence-electron chi connectivity index (χ3n) is 3.58. The summed E-state index contributed by atoms with van der Waals surface area (Å²) in [6, 6.07) is 14.9. The Kier molecular flexibility index (Phi) is 6.63. The molecule has 3 aromatic rings. The first-order valence-electron chi connectivity index (χ1n) is 8.26. The maximum absolute atomic E-state index is 12.3. The van der Waals surface area contributed by atoms with E-state index in [1.807, 2.05) is 49.4 Å².